The number of ether oxygens (including phenoxy) is 1. The van der Waals surface area contributed by atoms with Crippen LogP contribution in [0.5, 0.6) is 0 Å². The summed E-state index contributed by atoms with van der Waals surface area (Å²) in [6.07, 6.45) is -97.2. The van der Waals surface area contributed by atoms with Crippen LogP contribution in [0.15, 0.2) is 0 Å². The van der Waals surface area contributed by atoms with Crippen molar-refractivity contribution in [2.45, 2.75) is 61.2 Å². The average Bonchev–Trinajstić information content (AvgIpc) is 2.56. The zero-order chi connectivity index (χ0) is 36.8. The highest BCUT2D eigenvalue weighted by Gasteiger charge is 3.15. The molecule has 30 heteroatoms. The molecule has 0 spiro atoms. The molecular weight excluding hydrogens is 729 g/mol. The third-order valence-electron chi connectivity index (χ3n) is 5.67. The molecule has 44 heavy (non-hydrogen) atoms. The van der Waals surface area contributed by atoms with Crippen molar-refractivity contribution in [1.29, 1.82) is 0 Å². The summed E-state index contributed by atoms with van der Waals surface area (Å²) in [6.45, 7) is 0. The van der Waals surface area contributed by atoms with Crippen molar-refractivity contribution in [3.8, 4) is 0 Å². The smallest absolute Gasteiger partial charge is 0.450 e. The molecule has 0 aliphatic rings. The second-order valence-corrected chi connectivity index (χ2v) is 7.78. The standard InChI is InChI=1S/C14HF27O3/c15-6(16,17)2(7(18,19)20,4(10(27,28)29,11(30,31)32)12(33,34)35)3(8(21,22)23,9(24,25)26)5(13(36,37)38,14(39,40)41)44-1(42)43/h(H,42,43). The monoisotopic (exact) mass is 730 g/mol. The van der Waals surface area contributed by atoms with Crippen molar-refractivity contribution in [3.05, 3.63) is 0 Å². The first-order valence-electron chi connectivity index (χ1n) is 8.94. The second-order valence-electron chi connectivity index (χ2n) is 7.78. The van der Waals surface area contributed by atoms with Gasteiger partial charge in [-0.2, -0.15) is 119 Å². The van der Waals surface area contributed by atoms with Crippen LogP contribution in [0.1, 0.15) is 0 Å². The van der Waals surface area contributed by atoms with Gasteiger partial charge in [0.05, 0.1) is 0 Å². The van der Waals surface area contributed by atoms with Crippen molar-refractivity contribution in [3.63, 3.8) is 0 Å². The van der Waals surface area contributed by atoms with Crippen molar-refractivity contribution in [2.75, 3.05) is 0 Å². The Morgan fingerprint density at radius 3 is 0.614 bits per heavy atom. The molecule has 0 aromatic heterocycles. The van der Waals surface area contributed by atoms with Gasteiger partial charge in [-0.25, -0.2) is 4.79 Å². The number of hydrogen-bond acceptors (Lipinski definition) is 2. The molecule has 0 bridgehead atoms. The summed E-state index contributed by atoms with van der Waals surface area (Å²) in [6, 6.07) is 0. The van der Waals surface area contributed by atoms with Gasteiger partial charge in [-0.3, -0.25) is 0 Å². The lowest BCUT2D eigenvalue weighted by atomic mass is 9.42. The molecule has 0 saturated heterocycles. The van der Waals surface area contributed by atoms with Gasteiger partial charge in [0.1, 0.15) is 0 Å². The van der Waals surface area contributed by atoms with Crippen LogP contribution in [0.4, 0.5) is 123 Å². The molecule has 0 amide bonds. The SMILES string of the molecule is O=C(O)OC(C(F)(F)F)(C(F)(F)F)C(C(F)(F)F)(C(F)(F)F)C(C(F)(F)F)(C(F)(F)F)C(C(F)(F)F)(C(F)(F)F)C(F)(F)F. The summed E-state index contributed by atoms with van der Waals surface area (Å²) in [5.74, 6) is 0. The van der Waals surface area contributed by atoms with E-state index in [0.717, 1.165) is 4.74 Å². The number of rotatable bonds is 4. The van der Waals surface area contributed by atoms with Crippen LogP contribution in [-0.4, -0.2) is 72.4 Å². The van der Waals surface area contributed by atoms with Gasteiger partial charge in [0, 0.05) is 0 Å². The summed E-state index contributed by atoms with van der Waals surface area (Å²) in [4.78, 5) is 10.5. The van der Waals surface area contributed by atoms with Gasteiger partial charge < -0.3 is 9.84 Å². The summed E-state index contributed by atoms with van der Waals surface area (Å²) < 4.78 is 374. The predicted octanol–water partition coefficient (Wildman–Crippen LogP) is 9.44. The average molecular weight is 730 g/mol. The van der Waals surface area contributed by atoms with Gasteiger partial charge in [-0.1, -0.05) is 0 Å². The molecule has 0 radical (unpaired) electrons. The first-order chi connectivity index (χ1) is 18.4. The molecular formula is C14HF27O3. The number of carbonyl (C=O) groups is 1. The molecule has 0 rings (SSSR count). The number of carboxylic acid groups (broad SMARTS) is 1. The second kappa shape index (κ2) is 9.94. The zero-order valence-electron chi connectivity index (χ0n) is 18.5. The lowest BCUT2D eigenvalue weighted by Crippen LogP contribution is -2.92. The molecule has 0 aliphatic heterocycles. The third kappa shape index (κ3) is 4.76. The maximum absolute atomic E-state index is 14.0. The maximum atomic E-state index is 14.0. The van der Waals surface area contributed by atoms with E-state index in [2.05, 4.69) is 0 Å². The molecule has 0 aliphatic carbocycles. The van der Waals surface area contributed by atoms with E-state index in [9.17, 15) is 123 Å². The Morgan fingerprint density at radius 2 is 0.500 bits per heavy atom. The molecule has 1 N–H and O–H groups in total. The van der Waals surface area contributed by atoms with E-state index in [4.69, 9.17) is 5.11 Å². The van der Waals surface area contributed by atoms with E-state index in [1.807, 2.05) is 0 Å². The normalized spacial score (nSPS) is 16.7. The van der Waals surface area contributed by atoms with Crippen LogP contribution >= 0.6 is 0 Å². The first-order valence-corrected chi connectivity index (χ1v) is 8.94. The van der Waals surface area contributed by atoms with E-state index >= 15 is 0 Å². The molecule has 0 aromatic rings. The van der Waals surface area contributed by atoms with Gasteiger partial charge in [-0.05, 0) is 0 Å². The van der Waals surface area contributed by atoms with Crippen molar-refractivity contribution in [1.82, 2.24) is 0 Å². The van der Waals surface area contributed by atoms with Crippen LogP contribution < -0.4 is 0 Å². The molecule has 0 aromatic carbocycles. The minimum absolute atomic E-state index is 1.14. The highest BCUT2D eigenvalue weighted by molar-refractivity contribution is 5.59. The van der Waals surface area contributed by atoms with Gasteiger partial charge >= 0.3 is 67.3 Å². The largest absolute Gasteiger partial charge is 0.507 e. The fraction of sp³-hybridized carbons (Fsp3) is 0.929. The van der Waals surface area contributed by atoms with E-state index in [1.54, 1.807) is 0 Å². The predicted molar refractivity (Wildman–Crippen MR) is 73.6 cm³/mol. The molecule has 264 valence electrons. The Hall–Kier alpha value is -2.62. The van der Waals surface area contributed by atoms with E-state index in [0.29, 0.717) is 0 Å². The third-order valence-corrected chi connectivity index (χ3v) is 5.67. The maximum Gasteiger partial charge on any atom is 0.507 e. The Balaban J connectivity index is 10.8. The fourth-order valence-corrected chi connectivity index (χ4v) is 4.57. The van der Waals surface area contributed by atoms with Crippen molar-refractivity contribution >= 4 is 6.16 Å². The van der Waals surface area contributed by atoms with E-state index < -0.39 is 83.6 Å². The zero-order valence-corrected chi connectivity index (χ0v) is 18.5. The Morgan fingerprint density at radius 1 is 0.318 bits per heavy atom. The van der Waals surface area contributed by atoms with Gasteiger partial charge in [0.2, 0.25) is 10.8 Å². The molecule has 0 unspecified atom stereocenters. The fourth-order valence-electron chi connectivity index (χ4n) is 4.57. The minimum Gasteiger partial charge on any atom is -0.450 e. The quantitative estimate of drug-likeness (QED) is 0.232. The highest BCUT2D eigenvalue weighted by Crippen LogP contribution is 2.87. The summed E-state index contributed by atoms with van der Waals surface area (Å²) in [7, 11) is 0. The van der Waals surface area contributed by atoms with Crippen LogP contribution in [0.2, 0.25) is 0 Å². The van der Waals surface area contributed by atoms with Gasteiger partial charge in [0.15, 0.2) is 0 Å². The Bertz CT molecular complexity index is 968. The molecule has 0 heterocycles. The summed E-state index contributed by atoms with van der Waals surface area (Å²) in [5.41, 5.74) is -44.5. The van der Waals surface area contributed by atoms with Gasteiger partial charge in [-0.15, -0.1) is 0 Å². The van der Waals surface area contributed by atoms with Crippen LogP contribution in [0, 0.1) is 16.2 Å². The first kappa shape index (κ1) is 41.4. The van der Waals surface area contributed by atoms with Crippen LogP contribution in [0.25, 0.3) is 0 Å². The molecule has 0 atom stereocenters. The highest BCUT2D eigenvalue weighted by atomic mass is 19.5. The lowest BCUT2D eigenvalue weighted by molar-refractivity contribution is -0.608. The summed E-state index contributed by atoms with van der Waals surface area (Å²) in [5, 5.41) is 8.04. The number of alkyl halides is 27. The van der Waals surface area contributed by atoms with E-state index in [1.165, 1.54) is 0 Å². The van der Waals surface area contributed by atoms with Gasteiger partial charge in [0.25, 0.3) is 5.41 Å². The lowest BCUT2D eigenvalue weighted by Gasteiger charge is -2.63. The molecule has 3 nitrogen and oxygen atoms in total. The van der Waals surface area contributed by atoms with Crippen LogP contribution in [0.3, 0.4) is 0 Å². The number of halogens is 27. The van der Waals surface area contributed by atoms with E-state index in [-0.39, 0.29) is 0 Å². The minimum atomic E-state index is -11.6. The van der Waals surface area contributed by atoms with Crippen molar-refractivity contribution in [2.24, 2.45) is 16.2 Å². The molecule has 0 saturated carbocycles. The summed E-state index contributed by atoms with van der Waals surface area (Å²) >= 11 is 0. The van der Waals surface area contributed by atoms with Crippen molar-refractivity contribution < 1.29 is 133 Å². The van der Waals surface area contributed by atoms with Crippen LogP contribution in [-0.2, 0) is 4.74 Å². The Labute approximate surface area is 218 Å². The Kier molecular flexibility index (Phi) is 9.35. The number of hydrogen-bond donors (Lipinski definition) is 1. The topological polar surface area (TPSA) is 46.5 Å². The molecule has 0 fully saturated rings.